The summed E-state index contributed by atoms with van der Waals surface area (Å²) in [7, 11) is 0. The number of benzene rings is 1. The third kappa shape index (κ3) is 8.26. The molecular formula is C33H47ClN6O. The highest BCUT2D eigenvalue weighted by Crippen LogP contribution is 2.51. The molecule has 6 rings (SSSR count). The number of hydrogen-bond acceptors (Lipinski definition) is 7. The Bertz CT molecular complexity index is 1230. The van der Waals surface area contributed by atoms with E-state index >= 15 is 0 Å². The van der Waals surface area contributed by atoms with Crippen LogP contribution in [-0.2, 0) is 19.5 Å². The molecule has 0 radical (unpaired) electrons. The van der Waals surface area contributed by atoms with Gasteiger partial charge < -0.3 is 9.64 Å². The zero-order valence-corrected chi connectivity index (χ0v) is 26.7. The number of pyridine rings is 1. The van der Waals surface area contributed by atoms with Gasteiger partial charge in [-0.3, -0.25) is 9.88 Å². The molecule has 8 heteroatoms. The lowest BCUT2D eigenvalue weighted by atomic mass is 9.61. The number of anilines is 1. The molecule has 3 aliphatic rings. The van der Waals surface area contributed by atoms with Crippen molar-refractivity contribution in [2.75, 3.05) is 24.5 Å². The molecule has 2 aromatic heterocycles. The van der Waals surface area contributed by atoms with Gasteiger partial charge in [-0.25, -0.2) is 4.98 Å². The van der Waals surface area contributed by atoms with Crippen LogP contribution in [0.25, 0.3) is 0 Å². The Morgan fingerprint density at radius 3 is 2.34 bits per heavy atom. The van der Waals surface area contributed by atoms with Gasteiger partial charge in [0, 0.05) is 62.0 Å². The van der Waals surface area contributed by atoms with Crippen molar-refractivity contribution < 1.29 is 4.74 Å². The van der Waals surface area contributed by atoms with Gasteiger partial charge in [0.2, 0.25) is 0 Å². The van der Waals surface area contributed by atoms with E-state index in [2.05, 4.69) is 60.3 Å². The summed E-state index contributed by atoms with van der Waals surface area (Å²) in [4.78, 5) is 13.8. The molecule has 2 fully saturated rings. The maximum Gasteiger partial charge on any atom is 0.194 e. The highest BCUT2D eigenvalue weighted by Gasteiger charge is 2.54. The number of aromatic nitrogens is 4. The molecule has 7 nitrogen and oxygen atoms in total. The first-order valence-corrected chi connectivity index (χ1v) is 15.4. The maximum atomic E-state index is 6.51. The topological polar surface area (TPSA) is 67.3 Å². The summed E-state index contributed by atoms with van der Waals surface area (Å²) in [5.74, 6) is 2.40. The number of nitrogens with zero attached hydrogens (tertiary/aromatic N) is 6. The van der Waals surface area contributed by atoms with Crippen LogP contribution >= 0.6 is 11.6 Å². The van der Waals surface area contributed by atoms with Gasteiger partial charge in [-0.05, 0) is 45.2 Å². The van der Waals surface area contributed by atoms with Crippen LogP contribution in [0.3, 0.4) is 0 Å². The summed E-state index contributed by atoms with van der Waals surface area (Å²) < 4.78 is 6.51. The van der Waals surface area contributed by atoms with Gasteiger partial charge in [0.05, 0.1) is 0 Å². The van der Waals surface area contributed by atoms with E-state index < -0.39 is 0 Å². The predicted molar refractivity (Wildman–Crippen MR) is 170 cm³/mol. The van der Waals surface area contributed by atoms with Crippen molar-refractivity contribution >= 4 is 17.4 Å². The van der Waals surface area contributed by atoms with Gasteiger partial charge in [0.1, 0.15) is 17.7 Å². The van der Waals surface area contributed by atoms with Crippen LogP contribution in [0.1, 0.15) is 77.0 Å². The highest BCUT2D eigenvalue weighted by molar-refractivity contribution is 6.31. The summed E-state index contributed by atoms with van der Waals surface area (Å²) >= 11 is 6.21. The largest absolute Gasteiger partial charge is 0.490 e. The van der Waals surface area contributed by atoms with Crippen molar-refractivity contribution in [3.63, 3.8) is 0 Å². The van der Waals surface area contributed by atoms with Crippen LogP contribution in [-0.4, -0.2) is 50.8 Å². The first kappa shape index (κ1) is 32.5. The Morgan fingerprint density at radius 2 is 1.68 bits per heavy atom. The van der Waals surface area contributed by atoms with Crippen LogP contribution in [0.5, 0.6) is 5.75 Å². The number of hydrogen-bond donors (Lipinski definition) is 0. The monoisotopic (exact) mass is 578 g/mol. The van der Waals surface area contributed by atoms with Gasteiger partial charge in [-0.2, -0.15) is 0 Å². The Balaban J connectivity index is 0.000000525. The standard InChI is InChI=1S/C25H27ClN6O.C4H8.2C2H6/c1-17-28-24(23(26)30-29-17)32-15-25(16-32)11-19(12-25)33-22-7-9-27-21-8-10-31(14-20(21)22)13-18-5-3-2-4-6-18;1-3-4-2;2*1-2/h2-7,9,19H,8,10-16H2,1H3;3-4H,1-2H3;2*1-2H3/b;4-3-;;. The quantitative estimate of drug-likeness (QED) is 0.291. The molecule has 1 spiro atoms. The summed E-state index contributed by atoms with van der Waals surface area (Å²) in [5.41, 5.74) is 4.09. The Hall–Kier alpha value is -3.03. The van der Waals surface area contributed by atoms with Crippen molar-refractivity contribution in [3.05, 3.63) is 82.5 Å². The number of allylic oxidation sites excluding steroid dienone is 2. The first-order chi connectivity index (χ1) is 20.0. The number of halogens is 1. The summed E-state index contributed by atoms with van der Waals surface area (Å²) in [5, 5.41) is 8.30. The van der Waals surface area contributed by atoms with Crippen molar-refractivity contribution in [3.8, 4) is 5.75 Å². The first-order valence-electron chi connectivity index (χ1n) is 15.1. The highest BCUT2D eigenvalue weighted by atomic mass is 35.5. The lowest BCUT2D eigenvalue weighted by Crippen LogP contribution is -2.65. The molecule has 0 atom stereocenters. The number of aryl methyl sites for hydroxylation is 1. The van der Waals surface area contributed by atoms with Gasteiger partial charge in [0.25, 0.3) is 0 Å². The van der Waals surface area contributed by atoms with Crippen LogP contribution in [0.15, 0.2) is 54.7 Å². The number of fused-ring (bicyclic) bond motifs is 1. The van der Waals surface area contributed by atoms with E-state index in [9.17, 15) is 0 Å². The van der Waals surface area contributed by atoms with E-state index in [1.54, 1.807) is 0 Å². The Labute approximate surface area is 252 Å². The summed E-state index contributed by atoms with van der Waals surface area (Å²) in [6.07, 6.45) is 9.24. The van der Waals surface area contributed by atoms with Gasteiger partial charge >= 0.3 is 0 Å². The molecule has 0 bridgehead atoms. The molecule has 2 aliphatic heterocycles. The van der Waals surface area contributed by atoms with E-state index in [0.29, 0.717) is 16.4 Å². The SMILES string of the molecule is C/C=C\C.CC.CC.Cc1nnc(Cl)c(N2CC3(CC(Oc4ccnc5c4CN(Cc4ccccc4)CC5)C3)C2)n1. The molecule has 1 aromatic carbocycles. The third-order valence-corrected chi connectivity index (χ3v) is 7.68. The lowest BCUT2D eigenvalue weighted by Gasteiger charge is -2.58. The fourth-order valence-electron chi connectivity index (χ4n) is 5.48. The lowest BCUT2D eigenvalue weighted by molar-refractivity contribution is -0.0352. The van der Waals surface area contributed by atoms with E-state index in [-0.39, 0.29) is 6.10 Å². The molecule has 1 aliphatic carbocycles. The molecule has 1 saturated carbocycles. The van der Waals surface area contributed by atoms with Crippen molar-refractivity contribution in [2.24, 2.45) is 5.41 Å². The number of ether oxygens (including phenoxy) is 1. The molecular weight excluding hydrogens is 532 g/mol. The summed E-state index contributed by atoms with van der Waals surface area (Å²) in [6.45, 7) is 18.6. The normalized spacial score (nSPS) is 17.0. The average Bonchev–Trinajstić information content (AvgIpc) is 2.98. The van der Waals surface area contributed by atoms with E-state index in [4.69, 9.17) is 16.3 Å². The molecule has 0 unspecified atom stereocenters. The minimum absolute atomic E-state index is 0.254. The van der Waals surface area contributed by atoms with Crippen LogP contribution in [0.4, 0.5) is 5.82 Å². The van der Waals surface area contributed by atoms with Gasteiger partial charge in [0.15, 0.2) is 11.0 Å². The average molecular weight is 579 g/mol. The fourth-order valence-corrected chi connectivity index (χ4v) is 5.68. The maximum absolute atomic E-state index is 6.51. The van der Waals surface area contributed by atoms with E-state index in [0.717, 1.165) is 63.6 Å². The van der Waals surface area contributed by atoms with Gasteiger partial charge in [-0.15, -0.1) is 10.2 Å². The van der Waals surface area contributed by atoms with Crippen LogP contribution in [0, 0.1) is 12.3 Å². The fraction of sp³-hybridized carbons (Fsp3) is 0.515. The van der Waals surface area contributed by atoms with E-state index in [1.165, 1.54) is 16.8 Å². The smallest absolute Gasteiger partial charge is 0.194 e. The van der Waals surface area contributed by atoms with Crippen LogP contribution < -0.4 is 9.64 Å². The van der Waals surface area contributed by atoms with Crippen molar-refractivity contribution in [1.29, 1.82) is 0 Å². The second-order valence-electron chi connectivity index (χ2n) is 10.3. The molecule has 41 heavy (non-hydrogen) atoms. The third-order valence-electron chi connectivity index (χ3n) is 7.43. The molecule has 3 aromatic rings. The molecule has 222 valence electrons. The van der Waals surface area contributed by atoms with Crippen molar-refractivity contribution in [2.45, 2.75) is 86.9 Å². The van der Waals surface area contributed by atoms with Gasteiger partial charge in [-0.1, -0.05) is 81.8 Å². The molecule has 0 N–H and O–H groups in total. The van der Waals surface area contributed by atoms with Crippen LogP contribution in [0.2, 0.25) is 5.15 Å². The number of rotatable bonds is 5. The zero-order valence-electron chi connectivity index (χ0n) is 25.9. The zero-order chi connectivity index (χ0) is 29.8. The molecule has 1 saturated heterocycles. The Morgan fingerprint density at radius 1 is 1.00 bits per heavy atom. The minimum Gasteiger partial charge on any atom is -0.490 e. The van der Waals surface area contributed by atoms with Crippen molar-refractivity contribution in [1.82, 2.24) is 25.1 Å². The molecule has 4 heterocycles. The molecule has 0 amide bonds. The second kappa shape index (κ2) is 15.8. The predicted octanol–water partition coefficient (Wildman–Crippen LogP) is 7.47. The Kier molecular flexibility index (Phi) is 12.5. The second-order valence-corrected chi connectivity index (χ2v) is 10.7. The van der Waals surface area contributed by atoms with E-state index in [1.807, 2.05) is 72.9 Å². The summed E-state index contributed by atoms with van der Waals surface area (Å²) in [6, 6.07) is 12.7. The minimum atomic E-state index is 0.254.